The van der Waals surface area contributed by atoms with E-state index >= 15 is 0 Å². The lowest BCUT2D eigenvalue weighted by Gasteiger charge is -2.22. The molecule has 2 N–H and O–H groups in total. The Labute approximate surface area is 123 Å². The normalized spacial score (nSPS) is 24.8. The third-order valence-electron chi connectivity index (χ3n) is 4.53. The molecule has 21 heavy (non-hydrogen) atoms. The summed E-state index contributed by atoms with van der Waals surface area (Å²) in [6.07, 6.45) is 3.15. The Morgan fingerprint density at radius 1 is 1.48 bits per heavy atom. The second-order valence-electron chi connectivity index (χ2n) is 5.65. The van der Waals surface area contributed by atoms with Crippen molar-refractivity contribution in [2.45, 2.75) is 39.2 Å². The van der Waals surface area contributed by atoms with Gasteiger partial charge in [0.05, 0.1) is 10.5 Å². The van der Waals surface area contributed by atoms with Crippen LogP contribution < -0.4 is 5.32 Å². The maximum Gasteiger partial charge on any atom is 0.335 e. The average Bonchev–Trinajstić information content (AvgIpc) is 2.79. The molecule has 0 bridgehead atoms. The number of nitro benzene ring substituents is 1. The average molecular weight is 292 g/mol. The van der Waals surface area contributed by atoms with Crippen LogP contribution in [0.4, 0.5) is 11.4 Å². The van der Waals surface area contributed by atoms with Crippen LogP contribution in [0, 0.1) is 22.0 Å². The van der Waals surface area contributed by atoms with Crippen molar-refractivity contribution in [2.75, 3.05) is 5.32 Å². The summed E-state index contributed by atoms with van der Waals surface area (Å²) in [7, 11) is 0. The number of carboxylic acid groups (broad SMARTS) is 1. The molecule has 0 spiro atoms. The molecule has 1 aromatic rings. The van der Waals surface area contributed by atoms with Crippen molar-refractivity contribution in [1.82, 2.24) is 0 Å². The first-order valence-corrected chi connectivity index (χ1v) is 7.22. The Morgan fingerprint density at radius 3 is 2.71 bits per heavy atom. The Hall–Kier alpha value is -2.11. The standard InChI is InChI=1S/C15H20N2O4/c1-3-10-4-6-12(9(10)2)16-13-8-11(15(18)19)5-7-14(13)17(20)21/h5,7-10,12,16H,3-4,6H2,1-2H3,(H,18,19). The van der Waals surface area contributed by atoms with E-state index < -0.39 is 10.9 Å². The molecular weight excluding hydrogens is 272 g/mol. The third-order valence-corrected chi connectivity index (χ3v) is 4.53. The SMILES string of the molecule is CCC1CCC(Nc2cc(C(=O)O)ccc2[N+](=O)[O-])C1C. The topological polar surface area (TPSA) is 92.5 Å². The van der Waals surface area contributed by atoms with Crippen molar-refractivity contribution in [1.29, 1.82) is 0 Å². The van der Waals surface area contributed by atoms with Crippen LogP contribution in [0.15, 0.2) is 18.2 Å². The second-order valence-corrected chi connectivity index (χ2v) is 5.65. The summed E-state index contributed by atoms with van der Waals surface area (Å²) in [5.41, 5.74) is 0.279. The van der Waals surface area contributed by atoms with E-state index in [2.05, 4.69) is 19.2 Å². The van der Waals surface area contributed by atoms with Crippen molar-refractivity contribution < 1.29 is 14.8 Å². The van der Waals surface area contributed by atoms with Gasteiger partial charge < -0.3 is 10.4 Å². The van der Waals surface area contributed by atoms with Gasteiger partial charge in [-0.1, -0.05) is 20.3 Å². The molecule has 0 heterocycles. The summed E-state index contributed by atoms with van der Waals surface area (Å²) in [6, 6.07) is 4.02. The largest absolute Gasteiger partial charge is 0.478 e. The van der Waals surface area contributed by atoms with Crippen LogP contribution >= 0.6 is 0 Å². The number of nitro groups is 1. The Balaban J connectivity index is 2.27. The highest BCUT2D eigenvalue weighted by Gasteiger charge is 2.32. The van der Waals surface area contributed by atoms with E-state index in [1.807, 2.05) is 0 Å². The van der Waals surface area contributed by atoms with Gasteiger partial charge in [0.1, 0.15) is 5.69 Å². The zero-order chi connectivity index (χ0) is 15.6. The fraction of sp³-hybridized carbons (Fsp3) is 0.533. The molecule has 0 saturated heterocycles. The van der Waals surface area contributed by atoms with Gasteiger partial charge in [-0.15, -0.1) is 0 Å². The summed E-state index contributed by atoms with van der Waals surface area (Å²) >= 11 is 0. The van der Waals surface area contributed by atoms with Gasteiger partial charge in [-0.25, -0.2) is 4.79 Å². The highest BCUT2D eigenvalue weighted by atomic mass is 16.6. The number of nitrogens with one attached hydrogen (secondary N) is 1. The first-order valence-electron chi connectivity index (χ1n) is 7.22. The number of nitrogens with zero attached hydrogens (tertiary/aromatic N) is 1. The van der Waals surface area contributed by atoms with Crippen molar-refractivity contribution >= 4 is 17.3 Å². The molecular formula is C15H20N2O4. The van der Waals surface area contributed by atoms with Gasteiger partial charge in [0.2, 0.25) is 0 Å². The summed E-state index contributed by atoms with van der Waals surface area (Å²) in [5.74, 6) is -0.0499. The summed E-state index contributed by atoms with van der Waals surface area (Å²) in [4.78, 5) is 21.7. The van der Waals surface area contributed by atoms with Gasteiger partial charge in [-0.2, -0.15) is 0 Å². The molecule has 1 aromatic carbocycles. The van der Waals surface area contributed by atoms with Crippen molar-refractivity contribution in [3.63, 3.8) is 0 Å². The lowest BCUT2D eigenvalue weighted by molar-refractivity contribution is -0.384. The first kappa shape index (κ1) is 15.3. The maximum atomic E-state index is 11.1. The molecule has 1 saturated carbocycles. The van der Waals surface area contributed by atoms with E-state index in [0.717, 1.165) is 19.3 Å². The lowest BCUT2D eigenvalue weighted by Crippen LogP contribution is -2.25. The molecule has 0 radical (unpaired) electrons. The Bertz CT molecular complexity index is 559. The second kappa shape index (κ2) is 6.11. The Kier molecular flexibility index (Phi) is 4.45. The number of carboxylic acids is 1. The molecule has 3 unspecified atom stereocenters. The van der Waals surface area contributed by atoms with E-state index in [-0.39, 0.29) is 17.3 Å². The van der Waals surface area contributed by atoms with Crippen LogP contribution in [0.3, 0.4) is 0 Å². The highest BCUT2D eigenvalue weighted by molar-refractivity contribution is 5.90. The van der Waals surface area contributed by atoms with Gasteiger partial charge in [-0.05, 0) is 36.8 Å². The van der Waals surface area contributed by atoms with Crippen LogP contribution in [0.5, 0.6) is 0 Å². The number of hydrogen-bond acceptors (Lipinski definition) is 4. The summed E-state index contributed by atoms with van der Waals surface area (Å²) in [6.45, 7) is 4.29. The highest BCUT2D eigenvalue weighted by Crippen LogP contribution is 2.37. The molecule has 114 valence electrons. The smallest absolute Gasteiger partial charge is 0.335 e. The number of aromatic carboxylic acids is 1. The minimum absolute atomic E-state index is 0.0563. The van der Waals surface area contributed by atoms with E-state index in [4.69, 9.17) is 5.11 Å². The van der Waals surface area contributed by atoms with Crippen molar-refractivity contribution in [2.24, 2.45) is 11.8 Å². The zero-order valence-electron chi connectivity index (χ0n) is 12.2. The Morgan fingerprint density at radius 2 is 2.19 bits per heavy atom. The minimum atomic E-state index is -1.08. The van der Waals surface area contributed by atoms with Crippen LogP contribution in [0.2, 0.25) is 0 Å². The van der Waals surface area contributed by atoms with Crippen LogP contribution in [-0.2, 0) is 0 Å². The van der Waals surface area contributed by atoms with Gasteiger partial charge in [0, 0.05) is 12.1 Å². The fourth-order valence-corrected chi connectivity index (χ4v) is 3.17. The quantitative estimate of drug-likeness (QED) is 0.639. The molecule has 1 aliphatic rings. The number of carbonyl (C=O) groups is 1. The number of hydrogen-bond donors (Lipinski definition) is 2. The predicted octanol–water partition coefficient (Wildman–Crippen LogP) is 3.53. The van der Waals surface area contributed by atoms with Gasteiger partial charge in [0.15, 0.2) is 0 Å². The van der Waals surface area contributed by atoms with Crippen LogP contribution in [-0.4, -0.2) is 22.0 Å². The molecule has 2 rings (SSSR count). The van der Waals surface area contributed by atoms with Crippen molar-refractivity contribution in [3.05, 3.63) is 33.9 Å². The lowest BCUT2D eigenvalue weighted by atomic mass is 9.93. The van der Waals surface area contributed by atoms with E-state index in [1.165, 1.54) is 18.2 Å². The summed E-state index contributed by atoms with van der Waals surface area (Å²) in [5, 5.41) is 23.3. The van der Waals surface area contributed by atoms with Crippen LogP contribution in [0.25, 0.3) is 0 Å². The number of benzene rings is 1. The minimum Gasteiger partial charge on any atom is -0.478 e. The third kappa shape index (κ3) is 3.15. The molecule has 0 aliphatic heterocycles. The molecule has 1 fully saturated rings. The van der Waals surface area contributed by atoms with Crippen molar-refractivity contribution in [3.8, 4) is 0 Å². The monoisotopic (exact) mass is 292 g/mol. The predicted molar refractivity (Wildman–Crippen MR) is 79.6 cm³/mol. The van der Waals surface area contributed by atoms with Gasteiger partial charge in [0.25, 0.3) is 5.69 Å². The van der Waals surface area contributed by atoms with Gasteiger partial charge >= 0.3 is 5.97 Å². The maximum absolute atomic E-state index is 11.1. The molecule has 6 nitrogen and oxygen atoms in total. The first-order chi connectivity index (χ1) is 9.93. The fourth-order valence-electron chi connectivity index (χ4n) is 3.17. The number of rotatable bonds is 5. The molecule has 6 heteroatoms. The molecule has 0 amide bonds. The zero-order valence-corrected chi connectivity index (χ0v) is 12.2. The van der Waals surface area contributed by atoms with E-state index in [1.54, 1.807) is 0 Å². The molecule has 0 aromatic heterocycles. The van der Waals surface area contributed by atoms with Crippen LogP contribution in [0.1, 0.15) is 43.5 Å². The van der Waals surface area contributed by atoms with E-state index in [0.29, 0.717) is 17.5 Å². The van der Waals surface area contributed by atoms with E-state index in [9.17, 15) is 14.9 Å². The number of anilines is 1. The van der Waals surface area contributed by atoms with Gasteiger partial charge in [-0.3, -0.25) is 10.1 Å². The molecule has 3 atom stereocenters. The molecule has 1 aliphatic carbocycles. The summed E-state index contributed by atoms with van der Waals surface area (Å²) < 4.78 is 0.